The van der Waals surface area contributed by atoms with Crippen molar-refractivity contribution in [2.24, 2.45) is 5.92 Å². The average Bonchev–Trinajstić information content (AvgIpc) is 3.25. The predicted molar refractivity (Wildman–Crippen MR) is 119 cm³/mol. The Morgan fingerprint density at radius 2 is 1.84 bits per heavy atom. The smallest absolute Gasteiger partial charge is 0.325 e. The summed E-state index contributed by atoms with van der Waals surface area (Å²) in [5, 5.41) is 6.48. The SMILES string of the molecule is CC(C)Cn1ccc2c(NC(=O)CC3NC(=O)N(Cc4ccccc4)C3=O)cccc21. The topological polar surface area (TPSA) is 83.4 Å². The normalized spacial score (nSPS) is 16.2. The molecule has 4 amide bonds. The first-order chi connectivity index (χ1) is 14.9. The Bertz CT molecular complexity index is 1120. The second-order valence-electron chi connectivity index (χ2n) is 8.26. The minimum atomic E-state index is -0.860. The highest BCUT2D eigenvalue weighted by molar-refractivity contribution is 6.08. The lowest BCUT2D eigenvalue weighted by molar-refractivity contribution is -0.130. The second kappa shape index (κ2) is 8.63. The maximum absolute atomic E-state index is 12.7. The van der Waals surface area contributed by atoms with E-state index in [0.29, 0.717) is 11.6 Å². The number of urea groups is 1. The van der Waals surface area contributed by atoms with Crippen molar-refractivity contribution in [2.45, 2.75) is 39.4 Å². The molecule has 1 saturated heterocycles. The molecule has 1 aliphatic heterocycles. The molecule has 1 aromatic heterocycles. The van der Waals surface area contributed by atoms with Crippen LogP contribution in [0, 0.1) is 5.92 Å². The van der Waals surface area contributed by atoms with Crippen LogP contribution in [0.4, 0.5) is 10.5 Å². The molecule has 31 heavy (non-hydrogen) atoms. The van der Waals surface area contributed by atoms with Crippen molar-refractivity contribution in [2.75, 3.05) is 5.32 Å². The summed E-state index contributed by atoms with van der Waals surface area (Å²) in [4.78, 5) is 38.8. The number of benzene rings is 2. The van der Waals surface area contributed by atoms with Crippen LogP contribution in [0.2, 0.25) is 0 Å². The van der Waals surface area contributed by atoms with Gasteiger partial charge in [-0.2, -0.15) is 0 Å². The number of amides is 4. The van der Waals surface area contributed by atoms with E-state index in [1.165, 1.54) is 0 Å². The summed E-state index contributed by atoms with van der Waals surface area (Å²) >= 11 is 0. The zero-order valence-corrected chi connectivity index (χ0v) is 17.7. The van der Waals surface area contributed by atoms with Crippen molar-refractivity contribution in [1.29, 1.82) is 0 Å². The third-order valence-corrected chi connectivity index (χ3v) is 5.33. The fourth-order valence-corrected chi connectivity index (χ4v) is 3.90. The van der Waals surface area contributed by atoms with Crippen LogP contribution in [0.3, 0.4) is 0 Å². The maximum Gasteiger partial charge on any atom is 0.325 e. The number of carbonyl (C=O) groups excluding carboxylic acids is 3. The van der Waals surface area contributed by atoms with E-state index in [1.807, 2.05) is 60.8 Å². The lowest BCUT2D eigenvalue weighted by Crippen LogP contribution is -2.34. The third kappa shape index (κ3) is 4.45. The minimum absolute atomic E-state index is 0.112. The van der Waals surface area contributed by atoms with Crippen LogP contribution in [0.5, 0.6) is 0 Å². The molecule has 1 fully saturated rings. The number of rotatable bonds is 7. The minimum Gasteiger partial charge on any atom is -0.347 e. The number of carbonyl (C=O) groups is 3. The standard InChI is InChI=1S/C24H26N4O3/c1-16(2)14-27-12-11-18-19(9-6-10-21(18)27)25-22(29)13-20-23(30)28(24(31)26-20)15-17-7-4-3-5-8-17/h3-12,16,20H,13-15H2,1-2H3,(H,25,29)(H,26,31). The Morgan fingerprint density at radius 1 is 1.06 bits per heavy atom. The molecule has 0 aliphatic carbocycles. The van der Waals surface area contributed by atoms with E-state index < -0.39 is 12.1 Å². The van der Waals surface area contributed by atoms with E-state index in [9.17, 15) is 14.4 Å². The van der Waals surface area contributed by atoms with Gasteiger partial charge in [0.2, 0.25) is 5.91 Å². The number of aromatic nitrogens is 1. The van der Waals surface area contributed by atoms with Gasteiger partial charge in [-0.15, -0.1) is 0 Å². The van der Waals surface area contributed by atoms with Crippen LogP contribution in [0.1, 0.15) is 25.8 Å². The molecule has 1 aliphatic rings. The van der Waals surface area contributed by atoms with Gasteiger partial charge in [-0.3, -0.25) is 14.5 Å². The van der Waals surface area contributed by atoms with Crippen LogP contribution < -0.4 is 10.6 Å². The van der Waals surface area contributed by atoms with Gasteiger partial charge < -0.3 is 15.2 Å². The summed E-state index contributed by atoms with van der Waals surface area (Å²) in [6.45, 7) is 5.39. The van der Waals surface area contributed by atoms with Gasteiger partial charge in [0.25, 0.3) is 5.91 Å². The zero-order valence-electron chi connectivity index (χ0n) is 17.7. The molecular formula is C24H26N4O3. The van der Waals surface area contributed by atoms with E-state index in [1.54, 1.807) is 0 Å². The summed E-state index contributed by atoms with van der Waals surface area (Å²) in [5.41, 5.74) is 2.60. The Morgan fingerprint density at radius 3 is 2.58 bits per heavy atom. The summed E-state index contributed by atoms with van der Waals surface area (Å²) < 4.78 is 2.16. The monoisotopic (exact) mass is 418 g/mol. The van der Waals surface area contributed by atoms with Crippen LogP contribution in [0.15, 0.2) is 60.8 Å². The third-order valence-electron chi connectivity index (χ3n) is 5.33. The molecule has 7 heteroatoms. The number of hydrogen-bond acceptors (Lipinski definition) is 3. The average molecular weight is 418 g/mol. The van der Waals surface area contributed by atoms with Crippen LogP contribution in [-0.4, -0.2) is 33.4 Å². The molecule has 2 heterocycles. The number of nitrogens with zero attached hydrogens (tertiary/aromatic N) is 2. The highest BCUT2D eigenvalue weighted by atomic mass is 16.2. The molecule has 160 valence electrons. The summed E-state index contributed by atoms with van der Waals surface area (Å²) in [6.07, 6.45) is 1.90. The Balaban J connectivity index is 1.43. The number of anilines is 1. The van der Waals surface area contributed by atoms with Crippen molar-refractivity contribution in [1.82, 2.24) is 14.8 Å². The second-order valence-corrected chi connectivity index (χ2v) is 8.26. The quantitative estimate of drug-likeness (QED) is 0.573. The summed E-state index contributed by atoms with van der Waals surface area (Å²) in [6, 6.07) is 15.7. The van der Waals surface area contributed by atoms with Gasteiger partial charge in [0, 0.05) is 18.1 Å². The lowest BCUT2D eigenvalue weighted by atomic mass is 10.1. The van der Waals surface area contributed by atoms with Crippen LogP contribution in [-0.2, 0) is 22.7 Å². The van der Waals surface area contributed by atoms with Gasteiger partial charge in [-0.25, -0.2) is 4.79 Å². The molecule has 0 spiro atoms. The van der Waals surface area contributed by atoms with Crippen molar-refractivity contribution in [3.05, 3.63) is 66.4 Å². The van der Waals surface area contributed by atoms with Crippen LogP contribution in [0.25, 0.3) is 10.9 Å². The molecule has 3 aromatic rings. The Labute approximate surface area is 181 Å². The number of hydrogen-bond donors (Lipinski definition) is 2. The van der Waals surface area contributed by atoms with Gasteiger partial charge >= 0.3 is 6.03 Å². The molecule has 0 saturated carbocycles. The lowest BCUT2D eigenvalue weighted by Gasteiger charge is -2.13. The van der Waals surface area contributed by atoms with Gasteiger partial charge in [-0.05, 0) is 29.7 Å². The maximum atomic E-state index is 12.7. The van der Waals surface area contributed by atoms with E-state index in [0.717, 1.165) is 27.9 Å². The van der Waals surface area contributed by atoms with E-state index >= 15 is 0 Å². The van der Waals surface area contributed by atoms with E-state index in [-0.39, 0.29) is 24.8 Å². The molecule has 2 N–H and O–H groups in total. The first-order valence-electron chi connectivity index (χ1n) is 10.5. The van der Waals surface area contributed by atoms with Crippen molar-refractivity contribution in [3.8, 4) is 0 Å². The molecular weight excluding hydrogens is 392 g/mol. The molecule has 0 bridgehead atoms. The van der Waals surface area contributed by atoms with Gasteiger partial charge in [0.05, 0.1) is 24.2 Å². The van der Waals surface area contributed by atoms with Gasteiger partial charge in [0.1, 0.15) is 6.04 Å². The summed E-state index contributed by atoms with van der Waals surface area (Å²) in [5.74, 6) is -0.195. The molecule has 0 radical (unpaired) electrons. The number of fused-ring (bicyclic) bond motifs is 1. The van der Waals surface area contributed by atoms with Crippen molar-refractivity contribution in [3.63, 3.8) is 0 Å². The number of imide groups is 1. The first-order valence-corrected chi connectivity index (χ1v) is 10.5. The highest BCUT2D eigenvalue weighted by Crippen LogP contribution is 2.26. The van der Waals surface area contributed by atoms with Gasteiger partial charge in [-0.1, -0.05) is 50.2 Å². The fraction of sp³-hybridized carbons (Fsp3) is 0.292. The van der Waals surface area contributed by atoms with E-state index in [2.05, 4.69) is 29.0 Å². The first kappa shape index (κ1) is 20.7. The van der Waals surface area contributed by atoms with Crippen LogP contribution >= 0.6 is 0 Å². The molecule has 4 rings (SSSR count). The van der Waals surface area contributed by atoms with Gasteiger partial charge in [0.15, 0.2) is 0 Å². The Kier molecular flexibility index (Phi) is 5.75. The Hall–Kier alpha value is -3.61. The summed E-state index contributed by atoms with van der Waals surface area (Å²) in [7, 11) is 0. The molecule has 2 aromatic carbocycles. The predicted octanol–water partition coefficient (Wildman–Crippen LogP) is 3.75. The van der Waals surface area contributed by atoms with Crippen molar-refractivity contribution < 1.29 is 14.4 Å². The molecule has 7 nitrogen and oxygen atoms in total. The highest BCUT2D eigenvalue weighted by Gasteiger charge is 2.39. The number of nitrogens with one attached hydrogen (secondary N) is 2. The van der Waals surface area contributed by atoms with Crippen molar-refractivity contribution >= 4 is 34.4 Å². The molecule has 1 atom stereocenters. The molecule has 1 unspecified atom stereocenters. The largest absolute Gasteiger partial charge is 0.347 e. The van der Waals surface area contributed by atoms with E-state index in [4.69, 9.17) is 0 Å². The fourth-order valence-electron chi connectivity index (χ4n) is 3.90. The zero-order chi connectivity index (χ0) is 22.0.